The van der Waals surface area contributed by atoms with Crippen LogP contribution >= 0.6 is 0 Å². The Labute approximate surface area is 126 Å². The third kappa shape index (κ3) is 4.20. The predicted molar refractivity (Wildman–Crippen MR) is 78.0 cm³/mol. The molecule has 2 rings (SSSR count). The van der Waals surface area contributed by atoms with E-state index in [9.17, 15) is 9.59 Å². The van der Waals surface area contributed by atoms with Crippen LogP contribution < -0.4 is 5.32 Å². The highest BCUT2D eigenvalue weighted by atomic mass is 16.5. The first-order chi connectivity index (χ1) is 10.0. The third-order valence-corrected chi connectivity index (χ3v) is 4.55. The molecule has 2 aliphatic carbocycles. The fourth-order valence-corrected chi connectivity index (χ4v) is 3.14. The van der Waals surface area contributed by atoms with Crippen molar-refractivity contribution in [3.05, 3.63) is 11.4 Å². The number of amides is 1. The van der Waals surface area contributed by atoms with E-state index in [2.05, 4.69) is 10.2 Å². The topological polar surface area (TPSA) is 59.8 Å². The molecule has 0 spiro atoms. The number of carbonyl (C=O) groups is 2. The van der Waals surface area contributed by atoms with Crippen molar-refractivity contribution in [1.82, 2.24) is 5.32 Å². The van der Waals surface area contributed by atoms with Crippen LogP contribution in [0.4, 0.5) is 0 Å². The highest BCUT2D eigenvalue weighted by molar-refractivity contribution is 5.80. The second-order valence-corrected chi connectivity index (χ2v) is 6.45. The zero-order valence-electron chi connectivity index (χ0n) is 12.7. The van der Waals surface area contributed by atoms with Crippen molar-refractivity contribution in [1.29, 1.82) is 0 Å². The number of nitrogens with zero attached hydrogens (tertiary/aromatic N) is 1. The van der Waals surface area contributed by atoms with Gasteiger partial charge in [-0.3, -0.25) is 19.8 Å². The van der Waals surface area contributed by atoms with Crippen LogP contribution in [0.2, 0.25) is 0 Å². The van der Waals surface area contributed by atoms with Gasteiger partial charge in [0.15, 0.2) is 6.61 Å². The number of nitrogens with one attached hydrogen (secondary N) is 1. The molecule has 0 radical (unpaired) electrons. The van der Waals surface area contributed by atoms with Crippen LogP contribution in [0, 0.1) is 18.4 Å². The standard InChI is InChI=1S/C16H24N2O3/c1-16(17-2,18-14(19)12-7-3-4-8-12)11-21-15(20)13-9-5-6-10-13/h12-13H,3-11H2,1H3,(H,18,19). The van der Waals surface area contributed by atoms with Gasteiger partial charge in [-0.2, -0.15) is 0 Å². The molecule has 2 aliphatic rings. The average Bonchev–Trinajstić information content (AvgIpc) is 3.16. The van der Waals surface area contributed by atoms with E-state index >= 15 is 0 Å². The zero-order valence-corrected chi connectivity index (χ0v) is 12.7. The highest BCUT2D eigenvalue weighted by Gasteiger charge is 2.38. The Kier molecular flexibility index (Phi) is 5.22. The fraction of sp³-hybridized carbons (Fsp3) is 0.812. The van der Waals surface area contributed by atoms with Gasteiger partial charge in [-0.1, -0.05) is 25.7 Å². The summed E-state index contributed by atoms with van der Waals surface area (Å²) in [6, 6.07) is 0. The molecule has 116 valence electrons. The van der Waals surface area contributed by atoms with Crippen LogP contribution in [0.15, 0.2) is 0 Å². The molecule has 1 N–H and O–H groups in total. The van der Waals surface area contributed by atoms with Crippen LogP contribution in [0.1, 0.15) is 58.3 Å². The first-order valence-corrected chi connectivity index (χ1v) is 7.91. The van der Waals surface area contributed by atoms with E-state index < -0.39 is 5.66 Å². The summed E-state index contributed by atoms with van der Waals surface area (Å²) in [6.07, 6.45) is 7.82. The molecular weight excluding hydrogens is 268 g/mol. The molecule has 0 bridgehead atoms. The summed E-state index contributed by atoms with van der Waals surface area (Å²) in [5.41, 5.74) is -1.14. The lowest BCUT2D eigenvalue weighted by Gasteiger charge is -2.21. The minimum atomic E-state index is -1.14. The number of rotatable bonds is 5. The fourth-order valence-electron chi connectivity index (χ4n) is 3.14. The van der Waals surface area contributed by atoms with Gasteiger partial charge in [0.25, 0.3) is 0 Å². The molecule has 1 amide bonds. The summed E-state index contributed by atoms with van der Waals surface area (Å²) in [6.45, 7) is 8.85. The number of hydrogen-bond acceptors (Lipinski definition) is 3. The van der Waals surface area contributed by atoms with Crippen LogP contribution in [-0.2, 0) is 14.3 Å². The van der Waals surface area contributed by atoms with Gasteiger partial charge >= 0.3 is 11.6 Å². The molecule has 2 saturated carbocycles. The van der Waals surface area contributed by atoms with E-state index in [1.807, 2.05) is 0 Å². The molecule has 0 heterocycles. The zero-order chi connectivity index (χ0) is 15.3. The Morgan fingerprint density at radius 1 is 1.14 bits per heavy atom. The summed E-state index contributed by atoms with van der Waals surface area (Å²) < 4.78 is 5.28. The van der Waals surface area contributed by atoms with Crippen LogP contribution in [0.25, 0.3) is 4.85 Å². The Hall–Kier alpha value is -1.57. The van der Waals surface area contributed by atoms with Gasteiger partial charge in [-0.25, -0.2) is 6.57 Å². The summed E-state index contributed by atoms with van der Waals surface area (Å²) in [5, 5.41) is 2.76. The first kappa shape index (κ1) is 15.8. The minimum absolute atomic E-state index is 0.0107. The van der Waals surface area contributed by atoms with E-state index in [1.54, 1.807) is 6.92 Å². The molecule has 0 aliphatic heterocycles. The Balaban J connectivity index is 1.83. The lowest BCUT2D eigenvalue weighted by molar-refractivity contribution is -0.150. The van der Waals surface area contributed by atoms with Crippen molar-refractivity contribution >= 4 is 11.9 Å². The normalized spacial score (nSPS) is 22.5. The van der Waals surface area contributed by atoms with Gasteiger partial charge in [-0.05, 0) is 25.7 Å². The number of ether oxygens (including phenoxy) is 1. The molecular formula is C16H24N2O3. The molecule has 5 nitrogen and oxygen atoms in total. The molecule has 0 aromatic rings. The van der Waals surface area contributed by atoms with E-state index in [1.165, 1.54) is 0 Å². The van der Waals surface area contributed by atoms with Gasteiger partial charge in [0, 0.05) is 12.8 Å². The Bertz CT molecular complexity index is 431. The second-order valence-electron chi connectivity index (χ2n) is 6.45. The van der Waals surface area contributed by atoms with Gasteiger partial charge in [0.2, 0.25) is 5.91 Å². The maximum absolute atomic E-state index is 12.1. The maximum Gasteiger partial charge on any atom is 0.338 e. The van der Waals surface area contributed by atoms with Crippen molar-refractivity contribution in [2.45, 2.75) is 64.0 Å². The summed E-state index contributed by atoms with van der Waals surface area (Å²) in [4.78, 5) is 27.5. The van der Waals surface area contributed by atoms with Gasteiger partial charge in [-0.15, -0.1) is 0 Å². The maximum atomic E-state index is 12.1. The van der Waals surface area contributed by atoms with E-state index in [4.69, 9.17) is 11.3 Å². The molecule has 0 aromatic carbocycles. The smallest absolute Gasteiger partial charge is 0.338 e. The molecule has 2 fully saturated rings. The van der Waals surface area contributed by atoms with Crippen LogP contribution in [0.3, 0.4) is 0 Å². The SMILES string of the molecule is [C-]#[N+]C(C)(COC(=O)C1CCCC1)NC(=O)C1CCCC1. The summed E-state index contributed by atoms with van der Waals surface area (Å²) in [7, 11) is 0. The molecule has 21 heavy (non-hydrogen) atoms. The Morgan fingerprint density at radius 2 is 1.67 bits per heavy atom. The Morgan fingerprint density at radius 3 is 2.19 bits per heavy atom. The molecule has 0 aromatic heterocycles. The van der Waals surface area contributed by atoms with Crippen molar-refractivity contribution in [3.8, 4) is 0 Å². The lowest BCUT2D eigenvalue weighted by atomic mass is 10.1. The van der Waals surface area contributed by atoms with E-state index in [0.717, 1.165) is 51.4 Å². The van der Waals surface area contributed by atoms with Crippen LogP contribution in [0.5, 0.6) is 0 Å². The van der Waals surface area contributed by atoms with Crippen molar-refractivity contribution < 1.29 is 14.3 Å². The second kappa shape index (κ2) is 6.93. The van der Waals surface area contributed by atoms with Crippen molar-refractivity contribution in [2.75, 3.05) is 6.61 Å². The monoisotopic (exact) mass is 292 g/mol. The largest absolute Gasteiger partial charge is 0.455 e. The molecule has 0 saturated heterocycles. The summed E-state index contributed by atoms with van der Waals surface area (Å²) in [5.74, 6) is -0.317. The third-order valence-electron chi connectivity index (χ3n) is 4.55. The average molecular weight is 292 g/mol. The van der Waals surface area contributed by atoms with Crippen molar-refractivity contribution in [3.63, 3.8) is 0 Å². The first-order valence-electron chi connectivity index (χ1n) is 7.91. The van der Waals surface area contributed by atoms with Crippen molar-refractivity contribution in [2.24, 2.45) is 11.8 Å². The number of carbonyl (C=O) groups excluding carboxylic acids is 2. The van der Waals surface area contributed by atoms with Crippen LogP contribution in [-0.4, -0.2) is 24.1 Å². The highest BCUT2D eigenvalue weighted by Crippen LogP contribution is 2.27. The molecule has 1 atom stereocenters. The van der Waals surface area contributed by atoms with E-state index in [-0.39, 0.29) is 30.3 Å². The van der Waals surface area contributed by atoms with Gasteiger partial charge in [0.05, 0.1) is 5.92 Å². The van der Waals surface area contributed by atoms with E-state index in [0.29, 0.717) is 0 Å². The lowest BCUT2D eigenvalue weighted by Crippen LogP contribution is -2.49. The molecule has 5 heteroatoms. The minimum Gasteiger partial charge on any atom is -0.455 e. The predicted octanol–water partition coefficient (Wildman–Crippen LogP) is 2.66. The van der Waals surface area contributed by atoms with Gasteiger partial charge < -0.3 is 4.74 Å². The number of esters is 1. The number of hydrogen-bond donors (Lipinski definition) is 1. The van der Waals surface area contributed by atoms with Gasteiger partial charge in [0.1, 0.15) is 0 Å². The molecule has 1 unspecified atom stereocenters. The summed E-state index contributed by atoms with van der Waals surface area (Å²) >= 11 is 0. The quantitative estimate of drug-likeness (QED) is 0.626.